The molecule has 6 rings (SSSR count). The Morgan fingerprint density at radius 2 is 1.75 bits per heavy atom. The van der Waals surface area contributed by atoms with E-state index in [9.17, 15) is 33.6 Å². The number of unbranched alkanes of at least 4 members (excludes halogenated alkanes) is 1. The molecule has 1 saturated heterocycles. The van der Waals surface area contributed by atoms with Crippen molar-refractivity contribution in [1.29, 1.82) is 0 Å². The number of carbonyl (C=O) groups is 7. The molecule has 0 spiro atoms. The van der Waals surface area contributed by atoms with E-state index in [-0.39, 0.29) is 47.6 Å². The maximum atomic E-state index is 13.2. The average Bonchev–Trinajstić information content (AvgIpc) is 3.43. The number of anilines is 4. The number of nitrogens with one attached hydrogen (secondary N) is 4. The van der Waals surface area contributed by atoms with Gasteiger partial charge in [0.05, 0.1) is 30.1 Å². The summed E-state index contributed by atoms with van der Waals surface area (Å²) in [6.45, 7) is 2.16. The standard InChI is InChI=1S/C37H41N9O9/c1-5-23-35(52)45(3)25-18-40-37(43-31(25)44(23)2)41-22-12-11-20(17-27(22)54-4)32(49)39-16-7-6-15-38-29(48)19-55-26-10-8-9-21-30(26)36(53)46(34(21)51)24-13-14-28(47)42-33(24)50/h8-12,17-18,23-24H,5-7,13-16,19H2,1-4H3,(H,38,48)(H,39,49)(H,40,41,43)(H,42,47,50)/t23-,24?/m1/s1. The molecule has 4 heterocycles. The number of aromatic nitrogens is 2. The Morgan fingerprint density at radius 1 is 0.982 bits per heavy atom. The Morgan fingerprint density at radius 3 is 2.47 bits per heavy atom. The lowest BCUT2D eigenvalue weighted by atomic mass is 10.0. The quantitative estimate of drug-likeness (QED) is 0.136. The van der Waals surface area contributed by atoms with Crippen LogP contribution >= 0.6 is 0 Å². The van der Waals surface area contributed by atoms with Crippen molar-refractivity contribution in [3.8, 4) is 11.5 Å². The van der Waals surface area contributed by atoms with E-state index in [4.69, 9.17) is 9.47 Å². The Hall–Kier alpha value is -6.59. The fourth-order valence-electron chi connectivity index (χ4n) is 6.66. The molecule has 1 unspecified atom stereocenters. The van der Waals surface area contributed by atoms with Crippen molar-refractivity contribution in [3.63, 3.8) is 0 Å². The molecule has 1 aromatic heterocycles. The molecule has 2 atom stereocenters. The van der Waals surface area contributed by atoms with Crippen molar-refractivity contribution in [2.75, 3.05) is 56.0 Å². The highest BCUT2D eigenvalue weighted by Crippen LogP contribution is 2.36. The lowest BCUT2D eigenvalue weighted by Gasteiger charge is -2.37. The molecule has 55 heavy (non-hydrogen) atoms. The van der Waals surface area contributed by atoms with Gasteiger partial charge in [-0.05, 0) is 56.0 Å². The number of fused-ring (bicyclic) bond motifs is 2. The molecule has 3 aliphatic heterocycles. The summed E-state index contributed by atoms with van der Waals surface area (Å²) >= 11 is 0. The van der Waals surface area contributed by atoms with E-state index in [0.29, 0.717) is 66.8 Å². The van der Waals surface area contributed by atoms with Gasteiger partial charge in [0.15, 0.2) is 12.4 Å². The average molecular weight is 756 g/mol. The summed E-state index contributed by atoms with van der Waals surface area (Å²) in [4.78, 5) is 101. The number of imide groups is 2. The third-order valence-corrected chi connectivity index (χ3v) is 9.63. The molecule has 3 aliphatic rings. The molecular weight excluding hydrogens is 714 g/mol. The van der Waals surface area contributed by atoms with E-state index in [1.807, 2.05) is 18.9 Å². The number of rotatable bonds is 14. The normalized spacial score (nSPS) is 17.7. The number of amides is 7. The maximum absolute atomic E-state index is 13.2. The van der Waals surface area contributed by atoms with Gasteiger partial charge >= 0.3 is 0 Å². The molecule has 0 saturated carbocycles. The SMILES string of the molecule is CC[C@@H]1C(=O)N(C)c2cnc(Nc3ccc(C(=O)NCCCCNC(=O)COc4cccc5c4C(=O)N(C4CCC(=O)NC4=O)C5=O)cc3OC)nc2N1C. The summed E-state index contributed by atoms with van der Waals surface area (Å²) < 4.78 is 11.1. The highest BCUT2D eigenvalue weighted by atomic mass is 16.5. The molecule has 1 fully saturated rings. The molecule has 0 aliphatic carbocycles. The number of methoxy groups -OCH3 is 1. The predicted octanol–water partition coefficient (Wildman–Crippen LogP) is 1.53. The van der Waals surface area contributed by atoms with Gasteiger partial charge in [0, 0.05) is 39.2 Å². The Labute approximate surface area is 315 Å². The molecule has 7 amide bonds. The van der Waals surface area contributed by atoms with Gasteiger partial charge in [-0.3, -0.25) is 43.8 Å². The largest absolute Gasteiger partial charge is 0.495 e. The van der Waals surface area contributed by atoms with Crippen LogP contribution in [0.4, 0.5) is 23.1 Å². The number of hydrogen-bond acceptors (Lipinski definition) is 13. The summed E-state index contributed by atoms with van der Waals surface area (Å²) in [5.74, 6) is -2.05. The summed E-state index contributed by atoms with van der Waals surface area (Å²) in [7, 11) is 5.01. The zero-order valence-electron chi connectivity index (χ0n) is 30.8. The Balaban J connectivity index is 0.942. The molecule has 18 nitrogen and oxygen atoms in total. The van der Waals surface area contributed by atoms with E-state index in [0.717, 1.165) is 4.90 Å². The third kappa shape index (κ3) is 7.74. The van der Waals surface area contributed by atoms with E-state index >= 15 is 0 Å². The van der Waals surface area contributed by atoms with Gasteiger partial charge in [-0.2, -0.15) is 4.98 Å². The zero-order chi connectivity index (χ0) is 39.4. The van der Waals surface area contributed by atoms with Crippen LogP contribution in [0, 0.1) is 0 Å². The molecule has 0 bridgehead atoms. The van der Waals surface area contributed by atoms with Gasteiger partial charge in [-0.15, -0.1) is 0 Å². The van der Waals surface area contributed by atoms with Crippen molar-refractivity contribution < 1.29 is 43.0 Å². The van der Waals surface area contributed by atoms with Crippen LogP contribution in [-0.4, -0.2) is 109 Å². The number of piperidine rings is 1. The monoisotopic (exact) mass is 755 g/mol. The number of ether oxygens (including phenoxy) is 2. The third-order valence-electron chi connectivity index (χ3n) is 9.63. The fraction of sp³-hybridized carbons (Fsp3) is 0.378. The van der Waals surface area contributed by atoms with Gasteiger partial charge in [-0.1, -0.05) is 13.0 Å². The molecule has 288 valence electrons. The second-order valence-electron chi connectivity index (χ2n) is 13.1. The molecule has 2 aromatic carbocycles. The first kappa shape index (κ1) is 38.1. The van der Waals surface area contributed by atoms with Gasteiger partial charge in [-0.25, -0.2) is 4.98 Å². The van der Waals surface area contributed by atoms with Gasteiger partial charge in [0.1, 0.15) is 29.3 Å². The lowest BCUT2D eigenvalue weighted by molar-refractivity contribution is -0.136. The van der Waals surface area contributed by atoms with Crippen molar-refractivity contribution >= 4 is 64.5 Å². The summed E-state index contributed by atoms with van der Waals surface area (Å²) in [5, 5.41) is 10.9. The van der Waals surface area contributed by atoms with Gasteiger partial charge in [0.25, 0.3) is 23.6 Å². The first-order chi connectivity index (χ1) is 26.4. The fourth-order valence-corrected chi connectivity index (χ4v) is 6.66. The summed E-state index contributed by atoms with van der Waals surface area (Å²) in [6, 6.07) is 7.89. The van der Waals surface area contributed by atoms with E-state index in [1.165, 1.54) is 25.3 Å². The van der Waals surface area contributed by atoms with Gasteiger partial charge < -0.3 is 35.2 Å². The molecule has 18 heteroatoms. The zero-order valence-corrected chi connectivity index (χ0v) is 30.8. The number of carbonyl (C=O) groups excluding carboxylic acids is 7. The van der Waals surface area contributed by atoms with Crippen LogP contribution in [0.1, 0.15) is 70.1 Å². The maximum Gasteiger partial charge on any atom is 0.266 e. The van der Waals surface area contributed by atoms with Crippen molar-refractivity contribution in [2.45, 2.75) is 51.1 Å². The minimum absolute atomic E-state index is 0.00218. The Kier molecular flexibility index (Phi) is 11.2. The van der Waals surface area contributed by atoms with Crippen LogP contribution in [0.15, 0.2) is 42.6 Å². The molecule has 3 aromatic rings. The van der Waals surface area contributed by atoms with Crippen LogP contribution < -0.4 is 40.5 Å². The second kappa shape index (κ2) is 16.2. The predicted molar refractivity (Wildman–Crippen MR) is 197 cm³/mol. The minimum Gasteiger partial charge on any atom is -0.495 e. The molecule has 0 radical (unpaired) electrons. The topological polar surface area (TPSA) is 222 Å². The van der Waals surface area contributed by atoms with Crippen molar-refractivity contribution in [1.82, 2.24) is 30.8 Å². The number of nitrogens with zero attached hydrogens (tertiary/aromatic N) is 5. The van der Waals surface area contributed by atoms with Crippen molar-refractivity contribution in [3.05, 3.63) is 59.3 Å². The van der Waals surface area contributed by atoms with Crippen LogP contribution in [0.3, 0.4) is 0 Å². The first-order valence-corrected chi connectivity index (χ1v) is 17.8. The highest BCUT2D eigenvalue weighted by molar-refractivity contribution is 6.24. The highest BCUT2D eigenvalue weighted by Gasteiger charge is 2.46. The van der Waals surface area contributed by atoms with Crippen LogP contribution in [0.5, 0.6) is 11.5 Å². The number of benzene rings is 2. The summed E-state index contributed by atoms with van der Waals surface area (Å²) in [6.07, 6.45) is 3.34. The first-order valence-electron chi connectivity index (χ1n) is 17.8. The second-order valence-corrected chi connectivity index (χ2v) is 13.1. The van der Waals surface area contributed by atoms with Crippen molar-refractivity contribution in [2.24, 2.45) is 0 Å². The van der Waals surface area contributed by atoms with Crippen LogP contribution in [0.25, 0.3) is 0 Å². The van der Waals surface area contributed by atoms with E-state index in [1.54, 1.807) is 36.3 Å². The van der Waals surface area contributed by atoms with E-state index < -0.39 is 42.2 Å². The van der Waals surface area contributed by atoms with Crippen LogP contribution in [-0.2, 0) is 19.2 Å². The summed E-state index contributed by atoms with van der Waals surface area (Å²) in [5.41, 5.74) is 1.52. The molecular formula is C37H41N9O9. The van der Waals surface area contributed by atoms with Crippen LogP contribution in [0.2, 0.25) is 0 Å². The molecule has 4 N–H and O–H groups in total. The van der Waals surface area contributed by atoms with E-state index in [2.05, 4.69) is 31.2 Å². The van der Waals surface area contributed by atoms with Gasteiger partial charge in [0.2, 0.25) is 23.7 Å². The lowest BCUT2D eigenvalue weighted by Crippen LogP contribution is -2.54. The Bertz CT molecular complexity index is 2070. The smallest absolute Gasteiger partial charge is 0.266 e. The minimum atomic E-state index is -1.12. The number of likely N-dealkylation sites (N-methyl/N-ethyl adjacent to an activating group) is 2. The number of hydrogen-bond donors (Lipinski definition) is 4.